The van der Waals surface area contributed by atoms with Gasteiger partial charge in [-0.05, 0) is 47.6 Å². The Bertz CT molecular complexity index is 875. The molecular formula is C24H28N2O2. The summed E-state index contributed by atoms with van der Waals surface area (Å²) in [6.07, 6.45) is 4.72. The van der Waals surface area contributed by atoms with Crippen LogP contribution >= 0.6 is 0 Å². The zero-order valence-electron chi connectivity index (χ0n) is 16.5. The summed E-state index contributed by atoms with van der Waals surface area (Å²) in [6, 6.07) is 16.6. The molecule has 0 aliphatic carbocycles. The lowest BCUT2D eigenvalue weighted by Crippen LogP contribution is -2.34. The Morgan fingerprint density at radius 2 is 1.93 bits per heavy atom. The highest BCUT2D eigenvalue weighted by Crippen LogP contribution is 2.30. The molecule has 1 amide bonds. The fraction of sp³-hybridized carbons (Fsp3) is 0.375. The van der Waals surface area contributed by atoms with Gasteiger partial charge in [-0.25, -0.2) is 0 Å². The first-order chi connectivity index (χ1) is 13.6. The Balaban J connectivity index is 1.41. The molecule has 1 atom stereocenters. The van der Waals surface area contributed by atoms with Crippen molar-refractivity contribution in [3.8, 4) is 0 Å². The highest BCUT2D eigenvalue weighted by atomic mass is 16.3. The maximum Gasteiger partial charge on any atom is 0.223 e. The quantitative estimate of drug-likeness (QED) is 0.882. The van der Waals surface area contributed by atoms with Crippen LogP contribution in [0.15, 0.2) is 54.6 Å². The number of aryl methyl sites for hydroxylation is 1. The number of benzene rings is 2. The van der Waals surface area contributed by atoms with Gasteiger partial charge in [0.1, 0.15) is 0 Å². The van der Waals surface area contributed by atoms with Gasteiger partial charge in [0.05, 0.1) is 6.10 Å². The Hall–Kier alpha value is -2.43. The summed E-state index contributed by atoms with van der Waals surface area (Å²) in [5.41, 5.74) is 5.81. The molecule has 2 heterocycles. The molecule has 4 rings (SSSR count). The van der Waals surface area contributed by atoms with Gasteiger partial charge in [0.2, 0.25) is 5.91 Å². The van der Waals surface area contributed by atoms with Gasteiger partial charge in [0.25, 0.3) is 0 Å². The smallest absolute Gasteiger partial charge is 0.223 e. The first kappa shape index (κ1) is 18.9. The highest BCUT2D eigenvalue weighted by molar-refractivity contribution is 5.92. The third kappa shape index (κ3) is 4.03. The van der Waals surface area contributed by atoms with Crippen LogP contribution in [0, 0.1) is 0 Å². The second-order valence-electron chi connectivity index (χ2n) is 7.78. The number of aliphatic hydroxyl groups excluding tert-OH is 1. The first-order valence-electron chi connectivity index (χ1n) is 10.2. The number of carbonyl (C=O) groups excluding carboxylic acids is 1. The van der Waals surface area contributed by atoms with Gasteiger partial charge in [-0.1, -0.05) is 48.5 Å². The molecule has 0 aromatic heterocycles. The lowest BCUT2D eigenvalue weighted by atomic mass is 9.96. The van der Waals surface area contributed by atoms with Crippen LogP contribution in [0.1, 0.15) is 42.6 Å². The average molecular weight is 377 g/mol. The summed E-state index contributed by atoms with van der Waals surface area (Å²) < 4.78 is 0. The van der Waals surface area contributed by atoms with Gasteiger partial charge in [0, 0.05) is 38.8 Å². The minimum Gasteiger partial charge on any atom is -0.387 e. The van der Waals surface area contributed by atoms with Gasteiger partial charge in [0.15, 0.2) is 0 Å². The Morgan fingerprint density at radius 3 is 2.64 bits per heavy atom. The van der Waals surface area contributed by atoms with Crippen LogP contribution in [0.5, 0.6) is 0 Å². The largest absolute Gasteiger partial charge is 0.387 e. The number of aliphatic hydroxyl groups is 1. The number of carbonyl (C=O) groups is 1. The zero-order chi connectivity index (χ0) is 19.5. The number of fused-ring (bicyclic) bond motifs is 1. The highest BCUT2D eigenvalue weighted by Gasteiger charge is 2.22. The molecule has 0 fully saturated rings. The lowest BCUT2D eigenvalue weighted by molar-refractivity contribution is -0.116. The molecule has 0 spiro atoms. The summed E-state index contributed by atoms with van der Waals surface area (Å²) in [5.74, 6) is 0.0866. The van der Waals surface area contributed by atoms with Crippen LogP contribution in [-0.2, 0) is 11.2 Å². The second kappa shape index (κ2) is 8.29. The zero-order valence-corrected chi connectivity index (χ0v) is 16.5. The topological polar surface area (TPSA) is 43.8 Å². The molecule has 0 bridgehead atoms. The SMILES string of the molecule is CC(=O)N1CCCc2cc(C(O)CN3CC=C(c4ccccc4)CC3)ccc21. The van der Waals surface area contributed by atoms with E-state index >= 15 is 0 Å². The molecule has 2 aliphatic heterocycles. The Kier molecular flexibility index (Phi) is 5.60. The van der Waals surface area contributed by atoms with Crippen LogP contribution in [-0.4, -0.2) is 42.1 Å². The molecule has 2 aromatic rings. The van der Waals surface area contributed by atoms with Crippen molar-refractivity contribution < 1.29 is 9.90 Å². The van der Waals surface area contributed by atoms with E-state index in [-0.39, 0.29) is 5.91 Å². The molecular weight excluding hydrogens is 348 g/mol. The standard InChI is InChI=1S/C24H28N2O2/c1-18(27)26-13-5-8-21-16-22(9-10-23(21)26)24(28)17-25-14-11-20(12-15-25)19-6-3-2-4-7-19/h2-4,6-7,9-11,16,24,28H,5,8,12-15,17H2,1H3. The molecule has 0 radical (unpaired) electrons. The van der Waals surface area contributed by atoms with Crippen LogP contribution in [0.3, 0.4) is 0 Å². The molecule has 1 N–H and O–H groups in total. The van der Waals surface area contributed by atoms with Crippen molar-refractivity contribution in [1.29, 1.82) is 0 Å². The third-order valence-electron chi connectivity index (χ3n) is 5.86. The number of β-amino-alcohol motifs (C(OH)–C–C–N with tert-alkyl or cyclic N) is 1. The molecule has 1 unspecified atom stereocenters. The number of hydrogen-bond donors (Lipinski definition) is 1. The molecule has 0 saturated heterocycles. The minimum atomic E-state index is -0.510. The van der Waals surface area contributed by atoms with Crippen molar-refractivity contribution >= 4 is 17.2 Å². The van der Waals surface area contributed by atoms with Crippen molar-refractivity contribution in [2.75, 3.05) is 31.1 Å². The number of rotatable bonds is 4. The van der Waals surface area contributed by atoms with Crippen molar-refractivity contribution in [2.24, 2.45) is 0 Å². The van der Waals surface area contributed by atoms with E-state index in [0.717, 1.165) is 50.1 Å². The van der Waals surface area contributed by atoms with Gasteiger partial charge in [-0.2, -0.15) is 0 Å². The molecule has 4 nitrogen and oxygen atoms in total. The van der Waals surface area contributed by atoms with Crippen molar-refractivity contribution in [3.63, 3.8) is 0 Å². The Labute approximate surface area is 167 Å². The normalized spacial score (nSPS) is 18.4. The fourth-order valence-electron chi connectivity index (χ4n) is 4.29. The molecule has 4 heteroatoms. The van der Waals surface area contributed by atoms with E-state index in [0.29, 0.717) is 6.54 Å². The van der Waals surface area contributed by atoms with Crippen LogP contribution in [0.2, 0.25) is 0 Å². The number of amides is 1. The van der Waals surface area contributed by atoms with Gasteiger partial charge in [-0.15, -0.1) is 0 Å². The predicted octanol–water partition coefficient (Wildman–Crippen LogP) is 3.81. The summed E-state index contributed by atoms with van der Waals surface area (Å²) in [4.78, 5) is 16.0. The van der Waals surface area contributed by atoms with E-state index < -0.39 is 6.10 Å². The Morgan fingerprint density at radius 1 is 1.11 bits per heavy atom. The lowest BCUT2D eigenvalue weighted by Gasteiger charge is -2.31. The van der Waals surface area contributed by atoms with E-state index in [4.69, 9.17) is 0 Å². The van der Waals surface area contributed by atoms with E-state index in [9.17, 15) is 9.90 Å². The van der Waals surface area contributed by atoms with Gasteiger partial charge < -0.3 is 10.0 Å². The van der Waals surface area contributed by atoms with Crippen LogP contribution < -0.4 is 4.90 Å². The molecule has 146 valence electrons. The molecule has 2 aromatic carbocycles. The van der Waals surface area contributed by atoms with Gasteiger partial charge >= 0.3 is 0 Å². The number of nitrogens with zero attached hydrogens (tertiary/aromatic N) is 2. The van der Waals surface area contributed by atoms with Crippen molar-refractivity contribution in [1.82, 2.24) is 4.90 Å². The summed E-state index contributed by atoms with van der Waals surface area (Å²) in [6.45, 7) is 4.86. The summed E-state index contributed by atoms with van der Waals surface area (Å²) in [7, 11) is 0. The number of anilines is 1. The van der Waals surface area contributed by atoms with Crippen molar-refractivity contribution in [2.45, 2.75) is 32.3 Å². The van der Waals surface area contributed by atoms with E-state index in [1.54, 1.807) is 6.92 Å². The number of hydrogen-bond acceptors (Lipinski definition) is 3. The average Bonchev–Trinajstić information content (AvgIpc) is 2.74. The van der Waals surface area contributed by atoms with Crippen molar-refractivity contribution in [3.05, 3.63) is 71.3 Å². The maximum absolute atomic E-state index is 11.8. The minimum absolute atomic E-state index is 0.0866. The summed E-state index contributed by atoms with van der Waals surface area (Å²) >= 11 is 0. The fourth-order valence-corrected chi connectivity index (χ4v) is 4.29. The van der Waals surface area contributed by atoms with E-state index in [2.05, 4.69) is 41.3 Å². The predicted molar refractivity (Wildman–Crippen MR) is 113 cm³/mol. The monoisotopic (exact) mass is 376 g/mol. The van der Waals surface area contributed by atoms with E-state index in [1.807, 2.05) is 23.1 Å². The second-order valence-corrected chi connectivity index (χ2v) is 7.78. The first-order valence-corrected chi connectivity index (χ1v) is 10.2. The molecule has 28 heavy (non-hydrogen) atoms. The van der Waals surface area contributed by atoms with Crippen LogP contribution in [0.25, 0.3) is 5.57 Å². The maximum atomic E-state index is 11.8. The van der Waals surface area contributed by atoms with E-state index in [1.165, 1.54) is 16.7 Å². The summed E-state index contributed by atoms with van der Waals surface area (Å²) in [5, 5.41) is 10.8. The van der Waals surface area contributed by atoms with Crippen LogP contribution in [0.4, 0.5) is 5.69 Å². The molecule has 2 aliphatic rings. The van der Waals surface area contributed by atoms with Gasteiger partial charge in [-0.3, -0.25) is 9.69 Å². The third-order valence-corrected chi connectivity index (χ3v) is 5.86. The molecule has 0 saturated carbocycles.